The topological polar surface area (TPSA) is 52.6 Å². The van der Waals surface area contributed by atoms with Crippen LogP contribution in [0.2, 0.25) is 0 Å². The van der Waals surface area contributed by atoms with Gasteiger partial charge in [0.1, 0.15) is 11.5 Å². The number of benzene rings is 1. The molecule has 0 amide bonds. The van der Waals surface area contributed by atoms with E-state index in [9.17, 15) is 9.59 Å². The smallest absolute Gasteiger partial charge is 0.305 e. The average molecular weight is 278 g/mol. The predicted molar refractivity (Wildman–Crippen MR) is 76.8 cm³/mol. The highest BCUT2D eigenvalue weighted by Gasteiger charge is 2.04. The van der Waals surface area contributed by atoms with Crippen LogP contribution in [0.1, 0.15) is 38.2 Å². The minimum atomic E-state index is -0.234. The van der Waals surface area contributed by atoms with Crippen LogP contribution in [0.4, 0.5) is 0 Å². The third kappa shape index (κ3) is 6.92. The van der Waals surface area contributed by atoms with Crippen molar-refractivity contribution < 1.29 is 19.1 Å². The number of hydrogen-bond donors (Lipinski definition) is 0. The van der Waals surface area contributed by atoms with Crippen molar-refractivity contribution in [3.63, 3.8) is 0 Å². The summed E-state index contributed by atoms with van der Waals surface area (Å²) in [6.07, 6.45) is 2.02. The molecule has 0 aromatic heterocycles. The van der Waals surface area contributed by atoms with E-state index in [1.807, 2.05) is 31.2 Å². The standard InChI is InChI=1S/C16H22O4/c1-13-7-3-4-9-15(13)19-11-6-10-16(18)20-12-5-8-14(2)17/h3-4,7,9H,5-6,8,10-12H2,1-2H3. The van der Waals surface area contributed by atoms with Gasteiger partial charge in [-0.15, -0.1) is 0 Å². The van der Waals surface area contributed by atoms with Crippen LogP contribution in [0.25, 0.3) is 0 Å². The molecule has 0 bridgehead atoms. The highest BCUT2D eigenvalue weighted by molar-refractivity contribution is 5.75. The molecular formula is C16H22O4. The van der Waals surface area contributed by atoms with Crippen molar-refractivity contribution in [2.75, 3.05) is 13.2 Å². The predicted octanol–water partition coefficient (Wildman–Crippen LogP) is 3.07. The summed E-state index contributed by atoms with van der Waals surface area (Å²) < 4.78 is 10.6. The summed E-state index contributed by atoms with van der Waals surface area (Å²) in [4.78, 5) is 22.1. The molecular weight excluding hydrogens is 256 g/mol. The minimum absolute atomic E-state index is 0.118. The van der Waals surface area contributed by atoms with Gasteiger partial charge >= 0.3 is 5.97 Å². The van der Waals surface area contributed by atoms with Crippen LogP contribution in [-0.4, -0.2) is 25.0 Å². The molecule has 1 rings (SSSR count). The zero-order valence-corrected chi connectivity index (χ0v) is 12.2. The molecule has 0 spiro atoms. The lowest BCUT2D eigenvalue weighted by atomic mass is 10.2. The maximum Gasteiger partial charge on any atom is 0.305 e. The highest BCUT2D eigenvalue weighted by atomic mass is 16.5. The number of Topliss-reactive ketones (excluding diaryl/α,β-unsaturated/α-hetero) is 1. The first kappa shape index (κ1) is 16.2. The molecule has 0 fully saturated rings. The Morgan fingerprint density at radius 3 is 2.45 bits per heavy atom. The first-order valence-electron chi connectivity index (χ1n) is 6.93. The van der Waals surface area contributed by atoms with E-state index in [0.717, 1.165) is 11.3 Å². The number of rotatable bonds is 9. The van der Waals surface area contributed by atoms with Crippen LogP contribution in [0.15, 0.2) is 24.3 Å². The Labute approximate surface area is 120 Å². The summed E-state index contributed by atoms with van der Waals surface area (Å²) in [5.74, 6) is 0.733. The second kappa shape index (κ2) is 9.13. The van der Waals surface area contributed by atoms with Crippen LogP contribution in [-0.2, 0) is 14.3 Å². The summed E-state index contributed by atoms with van der Waals surface area (Å²) in [7, 11) is 0. The van der Waals surface area contributed by atoms with Crippen LogP contribution < -0.4 is 4.74 Å². The molecule has 0 heterocycles. The van der Waals surface area contributed by atoms with E-state index in [-0.39, 0.29) is 11.8 Å². The second-order valence-electron chi connectivity index (χ2n) is 4.74. The van der Waals surface area contributed by atoms with Gasteiger partial charge in [-0.25, -0.2) is 0 Å². The van der Waals surface area contributed by atoms with E-state index in [1.165, 1.54) is 6.92 Å². The van der Waals surface area contributed by atoms with E-state index in [4.69, 9.17) is 9.47 Å². The number of ether oxygens (including phenoxy) is 2. The number of carbonyl (C=O) groups excluding carboxylic acids is 2. The van der Waals surface area contributed by atoms with E-state index >= 15 is 0 Å². The molecule has 0 aliphatic rings. The molecule has 20 heavy (non-hydrogen) atoms. The zero-order chi connectivity index (χ0) is 14.8. The van der Waals surface area contributed by atoms with Crippen LogP contribution in [0.5, 0.6) is 5.75 Å². The SMILES string of the molecule is CC(=O)CCCOC(=O)CCCOc1ccccc1C. The summed E-state index contributed by atoms with van der Waals surface area (Å²) in [5.41, 5.74) is 1.08. The summed E-state index contributed by atoms with van der Waals surface area (Å²) in [6.45, 7) is 4.33. The molecule has 1 aromatic carbocycles. The number of esters is 1. The Hall–Kier alpha value is -1.84. The molecule has 0 unspecified atom stereocenters. The molecule has 0 saturated heterocycles. The van der Waals surface area contributed by atoms with Crippen molar-refractivity contribution in [2.45, 2.75) is 39.5 Å². The first-order chi connectivity index (χ1) is 9.59. The quantitative estimate of drug-likeness (QED) is 0.514. The van der Waals surface area contributed by atoms with Crippen molar-refractivity contribution in [2.24, 2.45) is 0 Å². The van der Waals surface area contributed by atoms with Gasteiger partial charge in [0.25, 0.3) is 0 Å². The normalized spacial score (nSPS) is 10.1. The van der Waals surface area contributed by atoms with E-state index in [0.29, 0.717) is 38.9 Å². The monoisotopic (exact) mass is 278 g/mol. The Morgan fingerprint density at radius 1 is 1.05 bits per heavy atom. The van der Waals surface area contributed by atoms with Crippen LogP contribution in [0, 0.1) is 6.92 Å². The fraction of sp³-hybridized carbons (Fsp3) is 0.500. The van der Waals surface area contributed by atoms with Crippen molar-refractivity contribution in [1.82, 2.24) is 0 Å². The molecule has 0 radical (unpaired) electrons. The third-order valence-corrected chi connectivity index (χ3v) is 2.81. The van der Waals surface area contributed by atoms with Gasteiger partial charge in [-0.1, -0.05) is 18.2 Å². The van der Waals surface area contributed by atoms with Gasteiger partial charge in [0.2, 0.25) is 0 Å². The lowest BCUT2D eigenvalue weighted by molar-refractivity contribution is -0.144. The number of para-hydroxylation sites is 1. The molecule has 4 nitrogen and oxygen atoms in total. The lowest BCUT2D eigenvalue weighted by Crippen LogP contribution is -2.09. The molecule has 110 valence electrons. The molecule has 0 aliphatic heterocycles. The van der Waals surface area contributed by atoms with Gasteiger partial charge in [0.15, 0.2) is 0 Å². The second-order valence-corrected chi connectivity index (χ2v) is 4.74. The van der Waals surface area contributed by atoms with Crippen molar-refractivity contribution >= 4 is 11.8 Å². The number of aryl methyl sites for hydroxylation is 1. The maximum absolute atomic E-state index is 11.4. The van der Waals surface area contributed by atoms with Crippen molar-refractivity contribution in [1.29, 1.82) is 0 Å². The third-order valence-electron chi connectivity index (χ3n) is 2.81. The van der Waals surface area contributed by atoms with Gasteiger partial charge in [-0.05, 0) is 38.3 Å². The van der Waals surface area contributed by atoms with Crippen molar-refractivity contribution in [3.8, 4) is 5.75 Å². The van der Waals surface area contributed by atoms with Crippen LogP contribution in [0.3, 0.4) is 0 Å². The maximum atomic E-state index is 11.4. The fourth-order valence-electron chi connectivity index (χ4n) is 1.70. The van der Waals surface area contributed by atoms with Crippen LogP contribution >= 0.6 is 0 Å². The number of hydrogen-bond acceptors (Lipinski definition) is 4. The molecule has 0 saturated carbocycles. The summed E-state index contributed by atoms with van der Waals surface area (Å²) in [6, 6.07) is 7.78. The Morgan fingerprint density at radius 2 is 1.75 bits per heavy atom. The highest BCUT2D eigenvalue weighted by Crippen LogP contribution is 2.16. The molecule has 0 atom stereocenters. The largest absolute Gasteiger partial charge is 0.493 e. The van der Waals surface area contributed by atoms with Gasteiger partial charge in [0, 0.05) is 12.8 Å². The zero-order valence-electron chi connectivity index (χ0n) is 12.2. The Balaban J connectivity index is 2.07. The first-order valence-corrected chi connectivity index (χ1v) is 6.93. The molecule has 0 aliphatic carbocycles. The number of ketones is 1. The van der Waals surface area contributed by atoms with E-state index < -0.39 is 0 Å². The Kier molecular flexibility index (Phi) is 7.40. The van der Waals surface area contributed by atoms with E-state index in [2.05, 4.69) is 0 Å². The summed E-state index contributed by atoms with van der Waals surface area (Å²) >= 11 is 0. The molecule has 4 heteroatoms. The van der Waals surface area contributed by atoms with Gasteiger partial charge < -0.3 is 14.3 Å². The van der Waals surface area contributed by atoms with Crippen molar-refractivity contribution in [3.05, 3.63) is 29.8 Å². The fourth-order valence-corrected chi connectivity index (χ4v) is 1.70. The molecule has 1 aromatic rings. The van der Waals surface area contributed by atoms with Gasteiger partial charge in [0.05, 0.1) is 13.2 Å². The molecule has 0 N–H and O–H groups in total. The number of carbonyl (C=O) groups is 2. The Bertz CT molecular complexity index is 440. The summed E-state index contributed by atoms with van der Waals surface area (Å²) in [5, 5.41) is 0. The van der Waals surface area contributed by atoms with Gasteiger partial charge in [-0.2, -0.15) is 0 Å². The van der Waals surface area contributed by atoms with E-state index in [1.54, 1.807) is 0 Å². The lowest BCUT2D eigenvalue weighted by Gasteiger charge is -2.08. The van der Waals surface area contributed by atoms with Gasteiger partial charge in [-0.3, -0.25) is 4.79 Å². The average Bonchev–Trinajstić information content (AvgIpc) is 2.41. The minimum Gasteiger partial charge on any atom is -0.493 e.